The molecule has 0 spiro atoms. The number of hydrogen-bond acceptors (Lipinski definition) is 3. The first-order valence-electron chi connectivity index (χ1n) is 6.91. The number of amides is 1. The van der Waals surface area contributed by atoms with Gasteiger partial charge < -0.3 is 9.84 Å². The second kappa shape index (κ2) is 5.31. The van der Waals surface area contributed by atoms with Crippen molar-refractivity contribution in [2.24, 2.45) is 5.92 Å². The smallest absolute Gasteiger partial charge is 0.415 e. The summed E-state index contributed by atoms with van der Waals surface area (Å²) in [6.07, 6.45) is 6.21. The zero-order valence-corrected chi connectivity index (χ0v) is 12.2. The van der Waals surface area contributed by atoms with Crippen molar-refractivity contribution in [3.8, 4) is 0 Å². The SMILES string of the molecule is CC(C)(C)OC(=O)N1CC=C(CC2CC2)C=C1C(=O)O. The largest absolute Gasteiger partial charge is 0.477 e. The van der Waals surface area contributed by atoms with E-state index in [1.165, 1.54) is 17.7 Å². The second-order valence-electron chi connectivity index (χ2n) is 6.35. The molecule has 0 atom stereocenters. The van der Waals surface area contributed by atoms with Crippen LogP contribution in [0.5, 0.6) is 0 Å². The third kappa shape index (κ3) is 3.85. The number of carbonyl (C=O) groups excluding carboxylic acids is 1. The van der Waals surface area contributed by atoms with E-state index >= 15 is 0 Å². The van der Waals surface area contributed by atoms with Gasteiger partial charge in [-0.2, -0.15) is 0 Å². The molecule has 5 nitrogen and oxygen atoms in total. The Hall–Kier alpha value is -1.78. The van der Waals surface area contributed by atoms with Crippen LogP contribution in [0.15, 0.2) is 23.4 Å². The van der Waals surface area contributed by atoms with E-state index in [4.69, 9.17) is 4.74 Å². The highest BCUT2D eigenvalue weighted by atomic mass is 16.6. The molecule has 0 aromatic heterocycles. The Labute approximate surface area is 118 Å². The van der Waals surface area contributed by atoms with E-state index in [2.05, 4.69) is 0 Å². The van der Waals surface area contributed by atoms with Crippen molar-refractivity contribution in [3.05, 3.63) is 23.4 Å². The summed E-state index contributed by atoms with van der Waals surface area (Å²) < 4.78 is 5.24. The summed E-state index contributed by atoms with van der Waals surface area (Å²) in [5.74, 6) is -0.419. The van der Waals surface area contributed by atoms with Crippen LogP contribution < -0.4 is 0 Å². The average molecular weight is 279 g/mol. The Morgan fingerprint density at radius 1 is 1.40 bits per heavy atom. The number of hydrogen-bond donors (Lipinski definition) is 1. The van der Waals surface area contributed by atoms with Crippen LogP contribution in [0, 0.1) is 5.92 Å². The molecule has 5 heteroatoms. The third-order valence-corrected chi connectivity index (χ3v) is 3.20. The van der Waals surface area contributed by atoms with E-state index in [9.17, 15) is 14.7 Å². The maximum Gasteiger partial charge on any atom is 0.415 e. The Morgan fingerprint density at radius 3 is 2.55 bits per heavy atom. The van der Waals surface area contributed by atoms with Gasteiger partial charge >= 0.3 is 12.1 Å². The molecule has 0 radical (unpaired) electrons. The van der Waals surface area contributed by atoms with Gasteiger partial charge in [0.15, 0.2) is 0 Å². The lowest BCUT2D eigenvalue weighted by Gasteiger charge is -2.29. The molecule has 1 aliphatic heterocycles. The molecule has 1 fully saturated rings. The van der Waals surface area contributed by atoms with Gasteiger partial charge in [0.1, 0.15) is 11.3 Å². The summed E-state index contributed by atoms with van der Waals surface area (Å²) in [5, 5.41) is 9.28. The summed E-state index contributed by atoms with van der Waals surface area (Å²) in [4.78, 5) is 24.5. The molecule has 0 saturated heterocycles. The van der Waals surface area contributed by atoms with Gasteiger partial charge in [-0.05, 0) is 57.6 Å². The van der Waals surface area contributed by atoms with E-state index in [1.807, 2.05) is 6.08 Å². The third-order valence-electron chi connectivity index (χ3n) is 3.20. The van der Waals surface area contributed by atoms with Crippen molar-refractivity contribution in [2.75, 3.05) is 6.54 Å². The Morgan fingerprint density at radius 2 is 2.05 bits per heavy atom. The standard InChI is InChI=1S/C15H21NO4/c1-15(2,3)20-14(19)16-7-6-11(8-10-4-5-10)9-12(16)13(17)18/h6,9-10H,4-5,7-8H2,1-3H3,(H,17,18). The molecule has 1 amide bonds. The summed E-state index contributed by atoms with van der Waals surface area (Å²) in [6, 6.07) is 0. The average Bonchev–Trinajstić information content (AvgIpc) is 3.10. The summed E-state index contributed by atoms with van der Waals surface area (Å²) in [7, 11) is 0. The highest BCUT2D eigenvalue weighted by molar-refractivity contribution is 5.92. The zero-order valence-electron chi connectivity index (χ0n) is 12.2. The number of nitrogens with zero attached hydrogens (tertiary/aromatic N) is 1. The van der Waals surface area contributed by atoms with Gasteiger partial charge in [0.05, 0.1) is 0 Å². The quantitative estimate of drug-likeness (QED) is 0.862. The van der Waals surface area contributed by atoms with Gasteiger partial charge in [0, 0.05) is 6.54 Å². The number of rotatable bonds is 3. The fourth-order valence-electron chi connectivity index (χ4n) is 2.08. The summed E-state index contributed by atoms with van der Waals surface area (Å²) in [5.41, 5.74) is 0.362. The normalized spacial score (nSPS) is 19.2. The summed E-state index contributed by atoms with van der Waals surface area (Å²) in [6.45, 7) is 5.53. The van der Waals surface area contributed by atoms with E-state index in [0.29, 0.717) is 5.92 Å². The molecule has 2 aliphatic rings. The number of aliphatic carboxylic acids is 1. The molecular weight excluding hydrogens is 258 g/mol. The van der Waals surface area contributed by atoms with Crippen LogP contribution in [-0.2, 0) is 9.53 Å². The van der Waals surface area contributed by atoms with Crippen molar-refractivity contribution in [1.82, 2.24) is 4.90 Å². The second-order valence-corrected chi connectivity index (χ2v) is 6.35. The Bertz CT molecular complexity index is 481. The van der Waals surface area contributed by atoms with Crippen molar-refractivity contribution >= 4 is 12.1 Å². The highest BCUT2D eigenvalue weighted by Crippen LogP contribution is 2.36. The molecule has 0 aromatic rings. The van der Waals surface area contributed by atoms with Gasteiger partial charge in [0.25, 0.3) is 0 Å². The van der Waals surface area contributed by atoms with Crippen LogP contribution in [0.2, 0.25) is 0 Å². The molecule has 0 aromatic carbocycles. The number of carbonyl (C=O) groups is 2. The molecular formula is C15H21NO4. The van der Waals surface area contributed by atoms with Crippen molar-refractivity contribution < 1.29 is 19.4 Å². The molecule has 1 aliphatic carbocycles. The zero-order chi connectivity index (χ0) is 14.9. The minimum atomic E-state index is -1.10. The van der Waals surface area contributed by atoms with E-state index in [0.717, 1.165) is 12.0 Å². The molecule has 0 bridgehead atoms. The van der Waals surface area contributed by atoms with E-state index < -0.39 is 17.7 Å². The van der Waals surface area contributed by atoms with Crippen molar-refractivity contribution in [3.63, 3.8) is 0 Å². The minimum Gasteiger partial charge on any atom is -0.477 e. The van der Waals surface area contributed by atoms with Crippen molar-refractivity contribution in [2.45, 2.75) is 45.6 Å². The first-order valence-corrected chi connectivity index (χ1v) is 6.91. The number of carboxylic acids is 1. The van der Waals surface area contributed by atoms with Crippen molar-refractivity contribution in [1.29, 1.82) is 0 Å². The first-order chi connectivity index (χ1) is 9.26. The minimum absolute atomic E-state index is 0.00241. The lowest BCUT2D eigenvalue weighted by Crippen LogP contribution is -2.39. The number of carboxylic acid groups (broad SMARTS) is 1. The highest BCUT2D eigenvalue weighted by Gasteiger charge is 2.31. The maximum absolute atomic E-state index is 12.0. The monoisotopic (exact) mass is 279 g/mol. The fraction of sp³-hybridized carbons (Fsp3) is 0.600. The first kappa shape index (κ1) is 14.6. The van der Waals surface area contributed by atoms with Gasteiger partial charge in [-0.15, -0.1) is 0 Å². The lowest BCUT2D eigenvalue weighted by molar-refractivity contribution is -0.134. The lowest BCUT2D eigenvalue weighted by atomic mass is 10.0. The predicted octanol–water partition coefficient (Wildman–Crippen LogP) is 2.93. The van der Waals surface area contributed by atoms with Crippen LogP contribution in [0.25, 0.3) is 0 Å². The topological polar surface area (TPSA) is 66.8 Å². The van der Waals surface area contributed by atoms with Gasteiger partial charge in [-0.25, -0.2) is 9.59 Å². The van der Waals surface area contributed by atoms with Gasteiger partial charge in [0.2, 0.25) is 0 Å². The Balaban J connectivity index is 2.10. The number of ether oxygens (including phenoxy) is 1. The van der Waals surface area contributed by atoms with Crippen LogP contribution in [-0.4, -0.2) is 34.2 Å². The van der Waals surface area contributed by atoms with E-state index in [1.54, 1.807) is 26.8 Å². The molecule has 0 unspecified atom stereocenters. The van der Waals surface area contributed by atoms with Crippen LogP contribution in [0.1, 0.15) is 40.0 Å². The molecule has 110 valence electrons. The van der Waals surface area contributed by atoms with Gasteiger partial charge in [-0.3, -0.25) is 4.90 Å². The Kier molecular flexibility index (Phi) is 3.88. The van der Waals surface area contributed by atoms with Crippen LogP contribution in [0.4, 0.5) is 4.79 Å². The molecule has 2 rings (SSSR count). The summed E-state index contributed by atoms with van der Waals surface area (Å²) >= 11 is 0. The molecule has 1 saturated carbocycles. The fourth-order valence-corrected chi connectivity index (χ4v) is 2.08. The predicted molar refractivity (Wildman–Crippen MR) is 74.1 cm³/mol. The van der Waals surface area contributed by atoms with Crippen LogP contribution >= 0.6 is 0 Å². The maximum atomic E-state index is 12.0. The van der Waals surface area contributed by atoms with E-state index in [-0.39, 0.29) is 12.2 Å². The van der Waals surface area contributed by atoms with Gasteiger partial charge in [-0.1, -0.05) is 6.08 Å². The van der Waals surface area contributed by atoms with Crippen LogP contribution in [0.3, 0.4) is 0 Å². The number of allylic oxidation sites excluding steroid dienone is 2. The molecule has 20 heavy (non-hydrogen) atoms. The molecule has 1 heterocycles. The molecule has 1 N–H and O–H groups in total.